The van der Waals surface area contributed by atoms with Crippen molar-refractivity contribution in [2.24, 2.45) is 0 Å². The minimum absolute atomic E-state index is 0.150. The lowest BCUT2D eigenvalue weighted by Crippen LogP contribution is -2.15. The molecule has 164 valence electrons. The molecule has 3 aromatic rings. The number of anilines is 1. The lowest BCUT2D eigenvalue weighted by atomic mass is 10.1. The van der Waals surface area contributed by atoms with Crippen LogP contribution < -0.4 is 14.8 Å². The summed E-state index contributed by atoms with van der Waals surface area (Å²) >= 11 is 1.36. The summed E-state index contributed by atoms with van der Waals surface area (Å²) in [5, 5.41) is 12.3. The number of hydrogen-bond acceptors (Lipinski definition) is 6. The molecule has 2 aromatic carbocycles. The molecule has 31 heavy (non-hydrogen) atoms. The van der Waals surface area contributed by atoms with E-state index in [0.717, 1.165) is 17.0 Å². The number of carbonyl (C=O) groups excluding carboxylic acids is 1. The number of carbonyl (C=O) groups is 1. The third kappa shape index (κ3) is 5.58. The Hall–Kier alpha value is -3.00. The van der Waals surface area contributed by atoms with E-state index in [9.17, 15) is 4.79 Å². The van der Waals surface area contributed by atoms with Crippen LogP contribution in [0.3, 0.4) is 0 Å². The zero-order valence-electron chi connectivity index (χ0n) is 18.3. The Morgan fingerprint density at radius 2 is 1.84 bits per heavy atom. The van der Waals surface area contributed by atoms with E-state index in [1.807, 2.05) is 49.6 Å². The zero-order chi connectivity index (χ0) is 22.2. The number of benzene rings is 2. The second kappa shape index (κ2) is 10.9. The van der Waals surface area contributed by atoms with Gasteiger partial charge in [0.2, 0.25) is 5.91 Å². The van der Waals surface area contributed by atoms with Gasteiger partial charge in [-0.15, -0.1) is 10.2 Å². The van der Waals surface area contributed by atoms with Crippen molar-refractivity contribution in [3.63, 3.8) is 0 Å². The third-order valence-electron chi connectivity index (χ3n) is 4.59. The van der Waals surface area contributed by atoms with Crippen LogP contribution in [-0.4, -0.2) is 39.6 Å². The minimum Gasteiger partial charge on any atom is -0.494 e. The normalized spacial score (nSPS) is 10.7. The molecule has 0 saturated carbocycles. The number of nitrogens with one attached hydrogen (secondary N) is 1. The van der Waals surface area contributed by atoms with E-state index in [0.29, 0.717) is 42.1 Å². The summed E-state index contributed by atoms with van der Waals surface area (Å²) in [6.07, 6.45) is 0. The second-order valence-electron chi connectivity index (χ2n) is 6.73. The Morgan fingerprint density at radius 1 is 1.06 bits per heavy atom. The van der Waals surface area contributed by atoms with Gasteiger partial charge in [-0.25, -0.2) is 0 Å². The Balaban J connectivity index is 1.72. The number of hydrogen-bond donors (Lipinski definition) is 1. The van der Waals surface area contributed by atoms with Gasteiger partial charge in [0, 0.05) is 18.2 Å². The van der Waals surface area contributed by atoms with E-state index in [1.54, 1.807) is 12.1 Å². The maximum absolute atomic E-state index is 12.7. The monoisotopic (exact) mass is 440 g/mol. The van der Waals surface area contributed by atoms with Crippen LogP contribution in [0.5, 0.6) is 11.5 Å². The molecule has 0 atom stereocenters. The quantitative estimate of drug-likeness (QED) is 0.456. The van der Waals surface area contributed by atoms with Crippen LogP contribution in [0, 0.1) is 6.92 Å². The predicted molar refractivity (Wildman–Crippen MR) is 124 cm³/mol. The molecule has 1 heterocycles. The molecular weight excluding hydrogens is 412 g/mol. The van der Waals surface area contributed by atoms with Crippen molar-refractivity contribution in [2.45, 2.75) is 39.4 Å². The summed E-state index contributed by atoms with van der Waals surface area (Å²) in [6, 6.07) is 13.5. The van der Waals surface area contributed by atoms with Crippen molar-refractivity contribution in [1.82, 2.24) is 14.8 Å². The predicted octanol–water partition coefficient (Wildman–Crippen LogP) is 4.80. The van der Waals surface area contributed by atoms with Crippen LogP contribution >= 0.6 is 11.8 Å². The van der Waals surface area contributed by atoms with Gasteiger partial charge in [-0.05, 0) is 45.4 Å². The molecule has 1 N–H and O–H groups in total. The first-order valence-corrected chi connectivity index (χ1v) is 11.4. The number of nitrogens with zero attached hydrogens (tertiary/aromatic N) is 3. The van der Waals surface area contributed by atoms with Gasteiger partial charge >= 0.3 is 0 Å². The van der Waals surface area contributed by atoms with Crippen LogP contribution in [0.15, 0.2) is 47.6 Å². The van der Waals surface area contributed by atoms with Gasteiger partial charge in [0.25, 0.3) is 0 Å². The van der Waals surface area contributed by atoms with E-state index in [-0.39, 0.29) is 11.7 Å². The van der Waals surface area contributed by atoms with Crippen molar-refractivity contribution in [3.05, 3.63) is 48.0 Å². The summed E-state index contributed by atoms with van der Waals surface area (Å²) in [6.45, 7) is 9.69. The van der Waals surface area contributed by atoms with Crippen LogP contribution in [0.4, 0.5) is 5.69 Å². The van der Waals surface area contributed by atoms with Gasteiger partial charge in [0.15, 0.2) is 11.0 Å². The van der Waals surface area contributed by atoms with Crippen molar-refractivity contribution < 1.29 is 14.3 Å². The average Bonchev–Trinajstić information content (AvgIpc) is 3.17. The van der Waals surface area contributed by atoms with E-state index in [1.165, 1.54) is 11.8 Å². The average molecular weight is 441 g/mol. The Bertz CT molecular complexity index is 1040. The number of amides is 1. The molecule has 7 nitrogen and oxygen atoms in total. The lowest BCUT2D eigenvalue weighted by Gasteiger charge is -2.13. The molecule has 0 aliphatic rings. The van der Waals surface area contributed by atoms with Gasteiger partial charge in [0.05, 0.1) is 24.7 Å². The zero-order valence-corrected chi connectivity index (χ0v) is 19.2. The van der Waals surface area contributed by atoms with Crippen molar-refractivity contribution in [2.75, 3.05) is 24.3 Å². The number of rotatable bonds is 10. The van der Waals surface area contributed by atoms with Crippen molar-refractivity contribution >= 4 is 23.4 Å². The molecule has 0 saturated heterocycles. The number of aromatic nitrogens is 3. The third-order valence-corrected chi connectivity index (χ3v) is 5.55. The van der Waals surface area contributed by atoms with E-state index in [4.69, 9.17) is 9.47 Å². The van der Waals surface area contributed by atoms with Gasteiger partial charge < -0.3 is 19.4 Å². The fourth-order valence-corrected chi connectivity index (χ4v) is 3.97. The van der Waals surface area contributed by atoms with Crippen LogP contribution in [-0.2, 0) is 11.3 Å². The molecule has 0 aliphatic heterocycles. The Morgan fingerprint density at radius 3 is 2.55 bits per heavy atom. The Kier molecular flexibility index (Phi) is 7.94. The highest BCUT2D eigenvalue weighted by molar-refractivity contribution is 7.99. The fourth-order valence-electron chi connectivity index (χ4n) is 3.16. The summed E-state index contributed by atoms with van der Waals surface area (Å²) in [5.74, 6) is 2.16. The lowest BCUT2D eigenvalue weighted by molar-refractivity contribution is -0.113. The minimum atomic E-state index is -0.150. The number of thioether (sulfide) groups is 1. The number of aryl methyl sites for hydroxylation is 1. The molecule has 0 bridgehead atoms. The van der Waals surface area contributed by atoms with E-state index >= 15 is 0 Å². The molecule has 0 radical (unpaired) electrons. The largest absolute Gasteiger partial charge is 0.494 e. The van der Waals surface area contributed by atoms with Gasteiger partial charge in [-0.2, -0.15) is 0 Å². The van der Waals surface area contributed by atoms with Crippen LogP contribution in [0.2, 0.25) is 0 Å². The summed E-state index contributed by atoms with van der Waals surface area (Å²) < 4.78 is 13.2. The maximum atomic E-state index is 12.7. The molecule has 0 spiro atoms. The summed E-state index contributed by atoms with van der Waals surface area (Å²) in [4.78, 5) is 12.7. The molecule has 0 unspecified atom stereocenters. The standard InChI is InChI=1S/C23H28N4O3S/c1-5-27-22(18-11-9-8-10-16(18)4)25-26-23(27)31-15-21(28)24-19-14-17(29-6-2)12-13-20(19)30-7-3/h8-14H,5-7,15H2,1-4H3,(H,24,28). The topological polar surface area (TPSA) is 78.3 Å². The molecule has 0 fully saturated rings. The molecule has 0 aliphatic carbocycles. The van der Waals surface area contributed by atoms with E-state index < -0.39 is 0 Å². The van der Waals surface area contributed by atoms with Gasteiger partial charge in [-0.3, -0.25) is 4.79 Å². The fraction of sp³-hybridized carbons (Fsp3) is 0.348. The molecular formula is C23H28N4O3S. The van der Waals surface area contributed by atoms with Crippen molar-refractivity contribution in [3.8, 4) is 22.9 Å². The smallest absolute Gasteiger partial charge is 0.234 e. The highest BCUT2D eigenvalue weighted by atomic mass is 32.2. The number of ether oxygens (including phenoxy) is 2. The highest BCUT2D eigenvalue weighted by Gasteiger charge is 2.16. The first-order chi connectivity index (χ1) is 15.1. The summed E-state index contributed by atoms with van der Waals surface area (Å²) in [5.41, 5.74) is 2.77. The Labute approximate surface area is 187 Å². The van der Waals surface area contributed by atoms with Crippen molar-refractivity contribution in [1.29, 1.82) is 0 Å². The second-order valence-corrected chi connectivity index (χ2v) is 7.67. The molecule has 3 rings (SSSR count). The molecule has 8 heteroatoms. The summed E-state index contributed by atoms with van der Waals surface area (Å²) in [7, 11) is 0. The van der Waals surface area contributed by atoms with Crippen LogP contribution in [0.1, 0.15) is 26.3 Å². The van der Waals surface area contributed by atoms with Crippen LogP contribution in [0.25, 0.3) is 11.4 Å². The maximum Gasteiger partial charge on any atom is 0.234 e. The molecule has 1 amide bonds. The van der Waals surface area contributed by atoms with Gasteiger partial charge in [-0.1, -0.05) is 36.0 Å². The van der Waals surface area contributed by atoms with E-state index in [2.05, 4.69) is 28.5 Å². The first kappa shape index (κ1) is 22.7. The van der Waals surface area contributed by atoms with Gasteiger partial charge in [0.1, 0.15) is 11.5 Å². The SMILES string of the molecule is CCOc1ccc(OCC)c(NC(=O)CSc2nnc(-c3ccccc3C)n2CC)c1. The highest BCUT2D eigenvalue weighted by Crippen LogP contribution is 2.30. The molecule has 1 aromatic heterocycles. The first-order valence-electron chi connectivity index (χ1n) is 10.4.